The lowest BCUT2D eigenvalue weighted by atomic mass is 10.2. The first kappa shape index (κ1) is 13.9. The number of nitrogens with zero attached hydrogens (tertiary/aromatic N) is 3. The Bertz CT molecular complexity index is 545. The lowest BCUT2D eigenvalue weighted by molar-refractivity contribution is 0.0985. The van der Waals surface area contributed by atoms with Gasteiger partial charge < -0.3 is 9.64 Å². The van der Waals surface area contributed by atoms with Crippen molar-refractivity contribution in [3.63, 3.8) is 0 Å². The number of ether oxygens (including phenoxy) is 1. The molecule has 1 aliphatic heterocycles. The van der Waals surface area contributed by atoms with Gasteiger partial charge in [-0.15, -0.1) is 0 Å². The summed E-state index contributed by atoms with van der Waals surface area (Å²) in [6.07, 6.45) is 3.71. The summed E-state index contributed by atoms with van der Waals surface area (Å²) in [5.74, 6) is 1.70. The fourth-order valence-corrected chi connectivity index (χ4v) is 3.88. The normalized spacial score (nSPS) is 26.4. The van der Waals surface area contributed by atoms with Gasteiger partial charge in [0.15, 0.2) is 0 Å². The molecule has 0 unspecified atom stereocenters. The zero-order valence-electron chi connectivity index (χ0n) is 12.3. The summed E-state index contributed by atoms with van der Waals surface area (Å²) in [5, 5.41) is 0. The van der Waals surface area contributed by atoms with Gasteiger partial charge in [0.25, 0.3) is 0 Å². The maximum Gasteiger partial charge on any atom is 0.132 e. The summed E-state index contributed by atoms with van der Waals surface area (Å²) in [7, 11) is -0.879. The van der Waals surface area contributed by atoms with Crippen molar-refractivity contribution in [2.24, 2.45) is 0 Å². The molecule has 2 aliphatic rings. The van der Waals surface area contributed by atoms with Crippen LogP contribution in [0.15, 0.2) is 6.07 Å². The van der Waals surface area contributed by atoms with Crippen LogP contribution in [0.4, 0.5) is 5.82 Å². The van der Waals surface area contributed by atoms with Gasteiger partial charge in [-0.1, -0.05) is 0 Å². The van der Waals surface area contributed by atoms with Crippen molar-refractivity contribution in [2.75, 3.05) is 30.9 Å². The molecule has 0 amide bonds. The number of hydrogen-bond donors (Lipinski definition) is 0. The van der Waals surface area contributed by atoms with Gasteiger partial charge in [-0.3, -0.25) is 4.21 Å². The molecule has 0 bridgehead atoms. The summed E-state index contributed by atoms with van der Waals surface area (Å²) < 4.78 is 17.3. The van der Waals surface area contributed by atoms with Crippen LogP contribution in [0, 0.1) is 6.92 Å². The Morgan fingerprint density at radius 3 is 2.80 bits per heavy atom. The zero-order valence-corrected chi connectivity index (χ0v) is 13.1. The van der Waals surface area contributed by atoms with Gasteiger partial charge in [0, 0.05) is 29.7 Å². The molecule has 6 heteroatoms. The highest BCUT2D eigenvalue weighted by Gasteiger charge is 2.50. The van der Waals surface area contributed by atoms with Crippen molar-refractivity contribution in [3.05, 3.63) is 17.6 Å². The zero-order chi connectivity index (χ0) is 14.3. The second-order valence-electron chi connectivity index (χ2n) is 5.72. The van der Waals surface area contributed by atoms with E-state index in [0.717, 1.165) is 49.9 Å². The molecule has 1 aliphatic carbocycles. The lowest BCUT2D eigenvalue weighted by Gasteiger charge is -2.34. The number of morpholine rings is 1. The van der Waals surface area contributed by atoms with Gasteiger partial charge in [0.05, 0.1) is 29.7 Å². The third-order valence-electron chi connectivity index (χ3n) is 4.21. The predicted molar refractivity (Wildman–Crippen MR) is 79.4 cm³/mol. The van der Waals surface area contributed by atoms with Crippen molar-refractivity contribution in [3.8, 4) is 0 Å². The molecule has 1 aromatic rings. The summed E-state index contributed by atoms with van der Waals surface area (Å²) in [6, 6.07) is 2.34. The van der Waals surface area contributed by atoms with Gasteiger partial charge in [-0.2, -0.15) is 0 Å². The molecule has 0 N–H and O–H groups in total. The largest absolute Gasteiger partial charge is 0.377 e. The number of aryl methyl sites for hydroxylation is 1. The molecule has 5 nitrogen and oxygen atoms in total. The third-order valence-corrected chi connectivity index (χ3v) is 5.93. The highest BCUT2D eigenvalue weighted by atomic mass is 32.2. The fraction of sp³-hybridized carbons (Fsp3) is 0.714. The van der Waals surface area contributed by atoms with E-state index in [1.54, 1.807) is 6.26 Å². The Hall–Kier alpha value is -1.01. The van der Waals surface area contributed by atoms with E-state index in [1.807, 2.05) is 13.0 Å². The van der Waals surface area contributed by atoms with Crippen molar-refractivity contribution < 1.29 is 8.95 Å². The third kappa shape index (κ3) is 2.35. The topological polar surface area (TPSA) is 55.3 Å². The van der Waals surface area contributed by atoms with E-state index in [1.165, 1.54) is 0 Å². The van der Waals surface area contributed by atoms with Gasteiger partial charge >= 0.3 is 0 Å². The predicted octanol–water partition coefficient (Wildman–Crippen LogP) is 1.38. The Morgan fingerprint density at radius 1 is 1.45 bits per heavy atom. The van der Waals surface area contributed by atoms with Gasteiger partial charge in [-0.05, 0) is 26.7 Å². The van der Waals surface area contributed by atoms with Crippen molar-refractivity contribution in [2.45, 2.75) is 37.5 Å². The van der Waals surface area contributed by atoms with E-state index in [9.17, 15) is 4.21 Å². The minimum atomic E-state index is -0.879. The smallest absolute Gasteiger partial charge is 0.132 e. The Labute approximate surface area is 122 Å². The molecule has 3 rings (SSSR count). The Kier molecular flexibility index (Phi) is 3.54. The lowest BCUT2D eigenvalue weighted by Crippen LogP contribution is -2.44. The number of hydrogen-bond acceptors (Lipinski definition) is 5. The number of anilines is 1. The van der Waals surface area contributed by atoms with Gasteiger partial charge in [0.1, 0.15) is 11.6 Å². The average Bonchev–Trinajstić information content (AvgIpc) is 3.20. The van der Waals surface area contributed by atoms with Crippen LogP contribution in [0.1, 0.15) is 31.3 Å². The van der Waals surface area contributed by atoms with Gasteiger partial charge in [0.2, 0.25) is 0 Å². The van der Waals surface area contributed by atoms with Crippen LogP contribution >= 0.6 is 0 Å². The van der Waals surface area contributed by atoms with Crippen LogP contribution in [0.25, 0.3) is 0 Å². The molecule has 2 heterocycles. The standard InChI is InChI=1S/C14H21N3O2S/c1-10-9-19-7-6-17(10)13-8-12(15-11(2)16-13)14(4-5-14)20(3)18/h8,10H,4-7,9H2,1-3H3/t10-,20-/m1/s1. The second-order valence-corrected chi connectivity index (χ2v) is 7.41. The molecular formula is C14H21N3O2S. The Morgan fingerprint density at radius 2 is 2.20 bits per heavy atom. The first-order chi connectivity index (χ1) is 9.53. The molecule has 2 atom stereocenters. The summed E-state index contributed by atoms with van der Waals surface area (Å²) in [6.45, 7) is 6.35. The van der Waals surface area contributed by atoms with Crippen LogP contribution < -0.4 is 4.90 Å². The number of aromatic nitrogens is 2. The van der Waals surface area contributed by atoms with Crippen LogP contribution in [-0.4, -0.2) is 46.2 Å². The molecule has 1 aromatic heterocycles. The van der Waals surface area contributed by atoms with Crippen molar-refractivity contribution in [1.82, 2.24) is 9.97 Å². The quantitative estimate of drug-likeness (QED) is 0.843. The minimum absolute atomic E-state index is 0.224. The van der Waals surface area contributed by atoms with E-state index in [-0.39, 0.29) is 4.75 Å². The monoisotopic (exact) mass is 295 g/mol. The molecule has 2 fully saturated rings. The highest BCUT2D eigenvalue weighted by Crippen LogP contribution is 2.50. The molecule has 20 heavy (non-hydrogen) atoms. The molecule has 1 saturated heterocycles. The van der Waals surface area contributed by atoms with Crippen LogP contribution in [-0.2, 0) is 20.3 Å². The SMILES string of the molecule is Cc1nc(N2CCOC[C@H]2C)cc(C2([S@@](C)=O)CC2)n1. The maximum absolute atomic E-state index is 12.0. The first-order valence-corrected chi connectivity index (χ1v) is 8.63. The van der Waals surface area contributed by atoms with E-state index in [0.29, 0.717) is 6.04 Å². The summed E-state index contributed by atoms with van der Waals surface area (Å²) in [4.78, 5) is 11.4. The molecule has 1 saturated carbocycles. The van der Waals surface area contributed by atoms with E-state index in [4.69, 9.17) is 4.74 Å². The maximum atomic E-state index is 12.0. The molecule has 0 radical (unpaired) electrons. The fourth-order valence-electron chi connectivity index (χ4n) is 2.80. The average molecular weight is 295 g/mol. The summed E-state index contributed by atoms with van der Waals surface area (Å²) in [5.41, 5.74) is 0.944. The highest BCUT2D eigenvalue weighted by molar-refractivity contribution is 7.85. The van der Waals surface area contributed by atoms with Gasteiger partial charge in [-0.25, -0.2) is 9.97 Å². The molecule has 0 aromatic carbocycles. The van der Waals surface area contributed by atoms with Crippen molar-refractivity contribution >= 4 is 16.6 Å². The second kappa shape index (κ2) is 5.07. The first-order valence-electron chi connectivity index (χ1n) is 7.07. The molecule has 110 valence electrons. The van der Waals surface area contributed by atoms with Crippen LogP contribution in [0.5, 0.6) is 0 Å². The minimum Gasteiger partial charge on any atom is -0.377 e. The van der Waals surface area contributed by atoms with Crippen LogP contribution in [0.2, 0.25) is 0 Å². The van der Waals surface area contributed by atoms with Crippen molar-refractivity contribution in [1.29, 1.82) is 0 Å². The molecule has 0 spiro atoms. The van der Waals surface area contributed by atoms with E-state index in [2.05, 4.69) is 21.8 Å². The van der Waals surface area contributed by atoms with E-state index >= 15 is 0 Å². The summed E-state index contributed by atoms with van der Waals surface area (Å²) >= 11 is 0. The van der Waals surface area contributed by atoms with E-state index < -0.39 is 10.8 Å². The Balaban J connectivity index is 1.97. The molecular weight excluding hydrogens is 274 g/mol. The number of rotatable bonds is 3. The van der Waals surface area contributed by atoms with Crippen LogP contribution in [0.3, 0.4) is 0 Å².